The Balaban J connectivity index is 1.24. The van der Waals surface area contributed by atoms with Gasteiger partial charge in [0.05, 0.1) is 24.4 Å². The molecule has 36 heavy (non-hydrogen) atoms. The highest BCUT2D eigenvalue weighted by molar-refractivity contribution is 6.09. The number of carbonyl (C=O) groups is 2. The molecule has 7 nitrogen and oxygen atoms in total. The third kappa shape index (κ3) is 3.42. The van der Waals surface area contributed by atoms with Crippen molar-refractivity contribution in [3.63, 3.8) is 0 Å². The zero-order valence-corrected chi connectivity index (χ0v) is 20.4. The summed E-state index contributed by atoms with van der Waals surface area (Å²) >= 11 is 0. The molecular formula is C29H31N3O4. The Hall–Kier alpha value is -3.10. The van der Waals surface area contributed by atoms with Crippen LogP contribution in [0.15, 0.2) is 60.7 Å². The number of amides is 1. The van der Waals surface area contributed by atoms with Crippen LogP contribution in [0.1, 0.15) is 48.1 Å². The van der Waals surface area contributed by atoms with Crippen LogP contribution in [0.3, 0.4) is 0 Å². The molecule has 1 fully saturated rings. The van der Waals surface area contributed by atoms with Crippen molar-refractivity contribution in [1.29, 1.82) is 0 Å². The van der Waals surface area contributed by atoms with Gasteiger partial charge in [-0.05, 0) is 47.9 Å². The quantitative estimate of drug-likeness (QED) is 0.497. The summed E-state index contributed by atoms with van der Waals surface area (Å²) in [5.41, 5.74) is 1.51. The maximum atomic E-state index is 13.6. The number of aliphatic hydroxyl groups excluding tert-OH is 1. The smallest absolute Gasteiger partial charge is 0.264 e. The van der Waals surface area contributed by atoms with E-state index in [1.807, 2.05) is 24.3 Å². The Kier molecular flexibility index (Phi) is 5.68. The first-order valence-corrected chi connectivity index (χ1v) is 12.7. The summed E-state index contributed by atoms with van der Waals surface area (Å²) < 4.78 is 0. The number of ketones is 1. The van der Waals surface area contributed by atoms with Gasteiger partial charge >= 0.3 is 0 Å². The molecule has 0 saturated carbocycles. The number of fused-ring (bicyclic) bond motifs is 1. The number of carbonyl (C=O) groups excluding carboxylic acids is 2. The van der Waals surface area contributed by atoms with Crippen LogP contribution < -0.4 is 10.2 Å². The number of hydrogen-bond acceptors (Lipinski definition) is 6. The highest BCUT2D eigenvalue weighted by Crippen LogP contribution is 2.49. The molecule has 3 aromatic rings. The van der Waals surface area contributed by atoms with Crippen LogP contribution >= 0.6 is 0 Å². The van der Waals surface area contributed by atoms with E-state index in [2.05, 4.69) is 34.5 Å². The summed E-state index contributed by atoms with van der Waals surface area (Å²) in [6, 6.07) is 19.4. The van der Waals surface area contributed by atoms with Gasteiger partial charge in [-0.2, -0.15) is 0 Å². The molecule has 0 spiro atoms. The summed E-state index contributed by atoms with van der Waals surface area (Å²) in [6.07, 6.45) is 0.613. The molecule has 7 heteroatoms. The molecule has 0 aromatic heterocycles. The zero-order chi connectivity index (χ0) is 25.0. The molecule has 0 unspecified atom stereocenters. The average molecular weight is 486 g/mol. The molecule has 3 aliphatic rings. The van der Waals surface area contributed by atoms with Gasteiger partial charge < -0.3 is 20.4 Å². The Morgan fingerprint density at radius 2 is 1.72 bits per heavy atom. The van der Waals surface area contributed by atoms with E-state index >= 15 is 0 Å². The largest absolute Gasteiger partial charge is 0.386 e. The minimum Gasteiger partial charge on any atom is -0.386 e. The van der Waals surface area contributed by atoms with E-state index in [-0.39, 0.29) is 30.8 Å². The third-order valence-electron chi connectivity index (χ3n) is 8.17. The minimum absolute atomic E-state index is 0.0833. The normalized spacial score (nSPS) is 26.1. The Morgan fingerprint density at radius 3 is 2.44 bits per heavy atom. The Morgan fingerprint density at radius 1 is 1.03 bits per heavy atom. The zero-order valence-electron chi connectivity index (χ0n) is 20.4. The highest BCUT2D eigenvalue weighted by Gasteiger charge is 2.53. The van der Waals surface area contributed by atoms with Crippen molar-refractivity contribution in [2.45, 2.75) is 43.1 Å². The lowest BCUT2D eigenvalue weighted by molar-refractivity contribution is -0.142. The molecule has 1 amide bonds. The molecule has 186 valence electrons. The SMILES string of the molecule is CNCC(=O)C[C@]1(O)C(=O)N(C2CCN([C@H]3c4cccc5cccc(c45)[C@@H]3O)CC2)c2ccccc21. The predicted molar refractivity (Wildman–Crippen MR) is 138 cm³/mol. The second-order valence-corrected chi connectivity index (χ2v) is 10.2. The van der Waals surface area contributed by atoms with Crippen LogP contribution in [0, 0.1) is 0 Å². The fourth-order valence-electron chi connectivity index (χ4n) is 6.59. The monoisotopic (exact) mass is 485 g/mol. The fraction of sp³-hybridized carbons (Fsp3) is 0.379. The fourth-order valence-corrected chi connectivity index (χ4v) is 6.59. The number of hydrogen-bond donors (Lipinski definition) is 3. The maximum absolute atomic E-state index is 13.6. The lowest BCUT2D eigenvalue weighted by Crippen LogP contribution is -2.51. The number of para-hydroxylation sites is 1. The molecule has 6 rings (SSSR count). The summed E-state index contributed by atoms with van der Waals surface area (Å²) in [5.74, 6) is -0.617. The number of rotatable bonds is 6. The topological polar surface area (TPSA) is 93.1 Å². The van der Waals surface area contributed by atoms with Crippen LogP contribution in [-0.2, 0) is 15.2 Å². The van der Waals surface area contributed by atoms with E-state index in [9.17, 15) is 19.8 Å². The van der Waals surface area contributed by atoms with Crippen molar-refractivity contribution >= 4 is 28.2 Å². The molecule has 3 N–H and O–H groups in total. The van der Waals surface area contributed by atoms with Gasteiger partial charge in [0.25, 0.3) is 5.91 Å². The van der Waals surface area contributed by atoms with Gasteiger partial charge in [-0.25, -0.2) is 0 Å². The van der Waals surface area contributed by atoms with Crippen molar-refractivity contribution in [3.05, 3.63) is 77.4 Å². The molecule has 0 bridgehead atoms. The van der Waals surface area contributed by atoms with Crippen LogP contribution in [0.4, 0.5) is 5.69 Å². The molecule has 0 radical (unpaired) electrons. The van der Waals surface area contributed by atoms with Gasteiger partial charge in [-0.3, -0.25) is 14.5 Å². The number of piperidine rings is 1. The number of Topliss-reactive ketones (excluding diaryl/α,β-unsaturated/α-hetero) is 1. The van der Waals surface area contributed by atoms with Crippen molar-refractivity contribution in [2.75, 3.05) is 31.6 Å². The number of nitrogens with zero attached hydrogens (tertiary/aromatic N) is 2. The lowest BCUT2D eigenvalue weighted by Gasteiger charge is -2.41. The first-order valence-electron chi connectivity index (χ1n) is 12.7. The Bertz CT molecular complexity index is 1340. The molecule has 2 aliphatic heterocycles. The van der Waals surface area contributed by atoms with E-state index in [0.29, 0.717) is 11.3 Å². The van der Waals surface area contributed by atoms with E-state index in [0.717, 1.165) is 47.8 Å². The second kappa shape index (κ2) is 8.78. The Labute approximate surface area is 210 Å². The number of anilines is 1. The van der Waals surface area contributed by atoms with E-state index < -0.39 is 17.6 Å². The third-order valence-corrected chi connectivity index (χ3v) is 8.17. The van der Waals surface area contributed by atoms with Crippen LogP contribution in [0.5, 0.6) is 0 Å². The first kappa shape index (κ1) is 23.3. The molecular weight excluding hydrogens is 454 g/mol. The van der Waals surface area contributed by atoms with E-state index in [1.165, 1.54) is 0 Å². The van der Waals surface area contributed by atoms with Gasteiger partial charge in [-0.1, -0.05) is 54.6 Å². The number of nitrogens with one attached hydrogen (secondary N) is 1. The average Bonchev–Trinajstić information content (AvgIpc) is 3.29. The summed E-state index contributed by atoms with van der Waals surface area (Å²) in [7, 11) is 1.67. The van der Waals surface area contributed by atoms with Gasteiger partial charge in [0.15, 0.2) is 5.60 Å². The standard InChI is InChI=1S/C29H31N3O4/c1-30-17-20(33)16-29(36)23-10-2-3-11-24(23)32(28(29)35)19-12-14-31(15-13-19)26-21-8-4-6-18-7-5-9-22(25(18)21)27(26)34/h2-11,19,26-27,30,34,36H,12-17H2,1H3/t26-,27-,29+/m0/s1. The summed E-state index contributed by atoms with van der Waals surface area (Å²) in [4.78, 5) is 30.1. The molecule has 1 aliphatic carbocycles. The predicted octanol–water partition coefficient (Wildman–Crippen LogP) is 2.81. The minimum atomic E-state index is -1.83. The van der Waals surface area contributed by atoms with Gasteiger partial charge in [0.2, 0.25) is 0 Å². The molecule has 3 aromatic carbocycles. The van der Waals surface area contributed by atoms with Crippen molar-refractivity contribution in [2.24, 2.45) is 0 Å². The lowest BCUT2D eigenvalue weighted by atomic mass is 9.90. The van der Waals surface area contributed by atoms with Crippen LogP contribution in [0.25, 0.3) is 10.8 Å². The van der Waals surface area contributed by atoms with Crippen LogP contribution in [0.2, 0.25) is 0 Å². The van der Waals surface area contributed by atoms with Gasteiger partial charge in [0, 0.05) is 31.1 Å². The number of aliphatic hydroxyl groups is 2. The highest BCUT2D eigenvalue weighted by atomic mass is 16.3. The van der Waals surface area contributed by atoms with Gasteiger partial charge in [0.1, 0.15) is 5.78 Å². The number of benzene rings is 3. The van der Waals surface area contributed by atoms with Crippen molar-refractivity contribution in [3.8, 4) is 0 Å². The number of likely N-dealkylation sites (tertiary alicyclic amines) is 1. The summed E-state index contributed by atoms with van der Waals surface area (Å²) in [5, 5.41) is 27.8. The van der Waals surface area contributed by atoms with E-state index in [1.54, 1.807) is 24.1 Å². The first-order chi connectivity index (χ1) is 17.4. The number of likely N-dealkylation sites (N-methyl/N-ethyl adjacent to an activating group) is 1. The maximum Gasteiger partial charge on any atom is 0.264 e. The van der Waals surface area contributed by atoms with Gasteiger partial charge in [-0.15, -0.1) is 0 Å². The van der Waals surface area contributed by atoms with Crippen molar-refractivity contribution < 1.29 is 19.8 Å². The summed E-state index contributed by atoms with van der Waals surface area (Å²) in [6.45, 7) is 1.55. The molecule has 2 heterocycles. The molecule has 1 saturated heterocycles. The van der Waals surface area contributed by atoms with E-state index in [4.69, 9.17) is 0 Å². The second-order valence-electron chi connectivity index (χ2n) is 10.2. The van der Waals surface area contributed by atoms with Crippen LogP contribution in [-0.4, -0.2) is 59.5 Å². The van der Waals surface area contributed by atoms with Crippen molar-refractivity contribution in [1.82, 2.24) is 10.2 Å². The molecule has 3 atom stereocenters.